The van der Waals surface area contributed by atoms with Gasteiger partial charge in [0.1, 0.15) is 6.04 Å². The standard InChI is InChI=1S/C13H22N2O3/c1-8(6-14)5-11(16)15-7-9-3-2-4-10(9)12(15)13(17)18/h8-10,12H,2-7,14H2,1H3,(H,17,18). The van der Waals surface area contributed by atoms with Crippen molar-refractivity contribution in [2.75, 3.05) is 13.1 Å². The first-order valence-corrected chi connectivity index (χ1v) is 6.77. The fourth-order valence-corrected chi connectivity index (χ4v) is 3.38. The van der Waals surface area contributed by atoms with Crippen molar-refractivity contribution in [1.82, 2.24) is 4.90 Å². The van der Waals surface area contributed by atoms with E-state index in [2.05, 4.69) is 0 Å². The second-order valence-electron chi connectivity index (χ2n) is 5.73. The molecule has 1 amide bonds. The fraction of sp³-hybridized carbons (Fsp3) is 0.846. The minimum atomic E-state index is -0.849. The van der Waals surface area contributed by atoms with Crippen molar-refractivity contribution in [2.24, 2.45) is 23.5 Å². The number of nitrogens with two attached hydrogens (primary N) is 1. The van der Waals surface area contributed by atoms with E-state index in [0.717, 1.165) is 19.3 Å². The van der Waals surface area contributed by atoms with Crippen molar-refractivity contribution in [2.45, 2.75) is 38.6 Å². The number of aliphatic carboxylic acids is 1. The summed E-state index contributed by atoms with van der Waals surface area (Å²) in [5, 5.41) is 9.35. The van der Waals surface area contributed by atoms with Gasteiger partial charge in [0.05, 0.1) is 0 Å². The van der Waals surface area contributed by atoms with E-state index < -0.39 is 12.0 Å². The van der Waals surface area contributed by atoms with E-state index in [1.807, 2.05) is 6.92 Å². The van der Waals surface area contributed by atoms with Crippen molar-refractivity contribution in [3.05, 3.63) is 0 Å². The van der Waals surface area contributed by atoms with Crippen LogP contribution in [0, 0.1) is 17.8 Å². The van der Waals surface area contributed by atoms with Gasteiger partial charge in [-0.15, -0.1) is 0 Å². The Morgan fingerprint density at radius 1 is 1.44 bits per heavy atom. The molecule has 2 fully saturated rings. The number of rotatable bonds is 4. The maximum atomic E-state index is 12.2. The second kappa shape index (κ2) is 5.26. The van der Waals surface area contributed by atoms with Crippen LogP contribution in [0.25, 0.3) is 0 Å². The Bertz CT molecular complexity index is 345. The zero-order valence-corrected chi connectivity index (χ0v) is 10.8. The van der Waals surface area contributed by atoms with Crippen LogP contribution in [0.3, 0.4) is 0 Å². The monoisotopic (exact) mass is 254 g/mol. The van der Waals surface area contributed by atoms with Gasteiger partial charge in [0.25, 0.3) is 0 Å². The summed E-state index contributed by atoms with van der Waals surface area (Å²) < 4.78 is 0. The van der Waals surface area contributed by atoms with Gasteiger partial charge in [0.15, 0.2) is 0 Å². The number of amides is 1. The molecule has 4 atom stereocenters. The molecule has 0 spiro atoms. The van der Waals surface area contributed by atoms with Crippen molar-refractivity contribution in [3.8, 4) is 0 Å². The lowest BCUT2D eigenvalue weighted by molar-refractivity contribution is -0.150. The number of fused-ring (bicyclic) bond motifs is 1. The van der Waals surface area contributed by atoms with Gasteiger partial charge in [0, 0.05) is 13.0 Å². The molecule has 1 aliphatic carbocycles. The summed E-state index contributed by atoms with van der Waals surface area (Å²) in [6.07, 6.45) is 3.46. The Kier molecular flexibility index (Phi) is 3.90. The van der Waals surface area contributed by atoms with Crippen LogP contribution in [0.4, 0.5) is 0 Å². The van der Waals surface area contributed by atoms with Crippen LogP contribution in [0.2, 0.25) is 0 Å². The molecule has 18 heavy (non-hydrogen) atoms. The highest BCUT2D eigenvalue weighted by atomic mass is 16.4. The Hall–Kier alpha value is -1.10. The van der Waals surface area contributed by atoms with E-state index in [1.165, 1.54) is 0 Å². The number of hydrogen-bond donors (Lipinski definition) is 2. The molecular weight excluding hydrogens is 232 g/mol. The molecule has 1 saturated heterocycles. The lowest BCUT2D eigenvalue weighted by Gasteiger charge is -2.25. The third-order valence-electron chi connectivity index (χ3n) is 4.39. The van der Waals surface area contributed by atoms with E-state index in [9.17, 15) is 14.7 Å². The lowest BCUT2D eigenvalue weighted by atomic mass is 9.94. The Morgan fingerprint density at radius 3 is 2.78 bits per heavy atom. The van der Waals surface area contributed by atoms with Gasteiger partial charge in [-0.2, -0.15) is 0 Å². The van der Waals surface area contributed by atoms with E-state index in [1.54, 1.807) is 4.90 Å². The first-order chi connectivity index (χ1) is 8.54. The molecule has 1 saturated carbocycles. The number of carbonyl (C=O) groups excluding carboxylic acids is 1. The number of likely N-dealkylation sites (tertiary alicyclic amines) is 1. The first-order valence-electron chi connectivity index (χ1n) is 6.77. The van der Waals surface area contributed by atoms with E-state index >= 15 is 0 Å². The summed E-state index contributed by atoms with van der Waals surface area (Å²) in [7, 11) is 0. The maximum absolute atomic E-state index is 12.2. The summed E-state index contributed by atoms with van der Waals surface area (Å²) in [5.74, 6) is -0.219. The van der Waals surface area contributed by atoms with E-state index in [4.69, 9.17) is 5.73 Å². The molecule has 1 heterocycles. The van der Waals surface area contributed by atoms with E-state index in [0.29, 0.717) is 25.4 Å². The third-order valence-corrected chi connectivity index (χ3v) is 4.39. The lowest BCUT2D eigenvalue weighted by Crippen LogP contribution is -2.44. The molecule has 2 rings (SSSR count). The van der Waals surface area contributed by atoms with Crippen molar-refractivity contribution in [1.29, 1.82) is 0 Å². The molecule has 0 radical (unpaired) electrons. The van der Waals surface area contributed by atoms with Gasteiger partial charge >= 0.3 is 5.97 Å². The minimum Gasteiger partial charge on any atom is -0.480 e. The Morgan fingerprint density at radius 2 is 2.17 bits per heavy atom. The molecule has 0 aromatic carbocycles. The SMILES string of the molecule is CC(CN)CC(=O)N1CC2CCCC2C1C(=O)O. The van der Waals surface area contributed by atoms with Crippen LogP contribution in [0.15, 0.2) is 0 Å². The van der Waals surface area contributed by atoms with Crippen LogP contribution in [-0.4, -0.2) is 41.0 Å². The topological polar surface area (TPSA) is 83.6 Å². The van der Waals surface area contributed by atoms with Gasteiger partial charge < -0.3 is 15.7 Å². The highest BCUT2D eigenvalue weighted by Gasteiger charge is 2.49. The average Bonchev–Trinajstić information content (AvgIpc) is 2.86. The van der Waals surface area contributed by atoms with Crippen molar-refractivity contribution >= 4 is 11.9 Å². The van der Waals surface area contributed by atoms with Crippen molar-refractivity contribution in [3.63, 3.8) is 0 Å². The molecular formula is C13H22N2O3. The zero-order valence-electron chi connectivity index (χ0n) is 10.8. The van der Waals surface area contributed by atoms with Gasteiger partial charge in [0.2, 0.25) is 5.91 Å². The van der Waals surface area contributed by atoms with Gasteiger partial charge in [-0.05, 0) is 37.1 Å². The number of hydrogen-bond acceptors (Lipinski definition) is 3. The van der Waals surface area contributed by atoms with Gasteiger partial charge in [-0.1, -0.05) is 13.3 Å². The molecule has 0 aromatic heterocycles. The van der Waals surface area contributed by atoms with Crippen LogP contribution in [-0.2, 0) is 9.59 Å². The highest BCUT2D eigenvalue weighted by molar-refractivity contribution is 5.84. The molecule has 1 aliphatic heterocycles. The predicted octanol–water partition coefficient (Wildman–Crippen LogP) is 0.683. The molecule has 3 N–H and O–H groups in total. The number of carboxylic acids is 1. The fourth-order valence-electron chi connectivity index (χ4n) is 3.38. The third kappa shape index (κ3) is 2.36. The van der Waals surface area contributed by atoms with Gasteiger partial charge in [-0.25, -0.2) is 4.79 Å². The molecule has 4 unspecified atom stereocenters. The molecule has 5 heteroatoms. The summed E-state index contributed by atoms with van der Waals surface area (Å²) in [4.78, 5) is 25.1. The predicted molar refractivity (Wildman–Crippen MR) is 66.8 cm³/mol. The molecule has 5 nitrogen and oxygen atoms in total. The quantitative estimate of drug-likeness (QED) is 0.773. The summed E-state index contributed by atoms with van der Waals surface area (Å²) in [5.41, 5.74) is 5.52. The molecule has 0 bridgehead atoms. The summed E-state index contributed by atoms with van der Waals surface area (Å²) in [6.45, 7) is 3.01. The number of nitrogens with zero attached hydrogens (tertiary/aromatic N) is 1. The van der Waals surface area contributed by atoms with Crippen LogP contribution < -0.4 is 5.73 Å². The second-order valence-corrected chi connectivity index (χ2v) is 5.73. The minimum absolute atomic E-state index is 0.0465. The van der Waals surface area contributed by atoms with E-state index in [-0.39, 0.29) is 17.7 Å². The average molecular weight is 254 g/mol. The van der Waals surface area contributed by atoms with Crippen molar-refractivity contribution < 1.29 is 14.7 Å². The van der Waals surface area contributed by atoms with Crippen LogP contribution in [0.1, 0.15) is 32.6 Å². The maximum Gasteiger partial charge on any atom is 0.326 e. The van der Waals surface area contributed by atoms with Crippen LogP contribution >= 0.6 is 0 Å². The molecule has 102 valence electrons. The normalized spacial score (nSPS) is 32.3. The molecule has 2 aliphatic rings. The smallest absolute Gasteiger partial charge is 0.326 e. The number of carboxylic acid groups (broad SMARTS) is 1. The molecule has 0 aromatic rings. The number of carbonyl (C=O) groups is 2. The Labute approximate surface area is 107 Å². The Balaban J connectivity index is 2.07. The van der Waals surface area contributed by atoms with Gasteiger partial charge in [-0.3, -0.25) is 4.79 Å². The first kappa shape index (κ1) is 13.3. The largest absolute Gasteiger partial charge is 0.480 e. The van der Waals surface area contributed by atoms with Crippen LogP contribution in [0.5, 0.6) is 0 Å². The summed E-state index contributed by atoms with van der Waals surface area (Å²) in [6, 6.07) is -0.602. The summed E-state index contributed by atoms with van der Waals surface area (Å²) >= 11 is 0. The highest BCUT2D eigenvalue weighted by Crippen LogP contribution is 2.42. The zero-order chi connectivity index (χ0) is 13.3.